The molecule has 8 heteroatoms. The summed E-state index contributed by atoms with van der Waals surface area (Å²) in [5, 5.41) is 4.38. The summed E-state index contributed by atoms with van der Waals surface area (Å²) >= 11 is 0. The second kappa shape index (κ2) is 6.70. The van der Waals surface area contributed by atoms with Crippen molar-refractivity contribution >= 4 is 22.6 Å². The molecule has 0 atom stereocenters. The predicted octanol–water partition coefficient (Wildman–Crippen LogP) is 2.71. The minimum atomic E-state index is 0.228. The van der Waals surface area contributed by atoms with E-state index in [-0.39, 0.29) is 11.9 Å². The largest absolute Gasteiger partial charge is 0.343 e. The minimum Gasteiger partial charge on any atom is -0.343 e. The van der Waals surface area contributed by atoms with Crippen molar-refractivity contribution in [2.75, 3.05) is 13.1 Å². The Morgan fingerprint density at radius 2 is 2.04 bits per heavy atom. The van der Waals surface area contributed by atoms with E-state index in [2.05, 4.69) is 19.6 Å². The maximum Gasteiger partial charge on any atom is 0.222 e. The van der Waals surface area contributed by atoms with Gasteiger partial charge in [-0.25, -0.2) is 19.5 Å². The third kappa shape index (κ3) is 2.72. The van der Waals surface area contributed by atoms with Crippen LogP contribution < -0.4 is 0 Å². The van der Waals surface area contributed by atoms with E-state index >= 15 is 0 Å². The Bertz CT molecular complexity index is 1150. The predicted molar refractivity (Wildman–Crippen MR) is 105 cm³/mol. The summed E-state index contributed by atoms with van der Waals surface area (Å²) in [5.41, 5.74) is 3.49. The molecular formula is C20H21N7O. The average molecular weight is 375 g/mol. The molecule has 5 rings (SSSR count). The molecule has 0 aromatic carbocycles. The van der Waals surface area contributed by atoms with Crippen molar-refractivity contribution in [1.82, 2.24) is 34.0 Å². The molecule has 0 unspecified atom stereocenters. The molecule has 5 heterocycles. The molecule has 1 saturated heterocycles. The van der Waals surface area contributed by atoms with E-state index in [1.807, 2.05) is 47.1 Å². The molecular weight excluding hydrogens is 354 g/mol. The van der Waals surface area contributed by atoms with Gasteiger partial charge >= 0.3 is 0 Å². The number of pyridine rings is 1. The van der Waals surface area contributed by atoms with Crippen molar-refractivity contribution in [3.8, 4) is 11.4 Å². The van der Waals surface area contributed by atoms with E-state index in [1.54, 1.807) is 12.4 Å². The summed E-state index contributed by atoms with van der Waals surface area (Å²) in [6, 6.07) is 6.22. The lowest BCUT2D eigenvalue weighted by molar-refractivity contribution is -0.132. The topological polar surface area (TPSA) is 81.2 Å². The third-order valence-electron chi connectivity index (χ3n) is 5.50. The third-order valence-corrected chi connectivity index (χ3v) is 5.50. The number of fused-ring (bicyclic) bond motifs is 2. The lowest BCUT2D eigenvalue weighted by Crippen LogP contribution is -2.38. The van der Waals surface area contributed by atoms with Crippen molar-refractivity contribution in [3.05, 3.63) is 43.1 Å². The molecule has 0 saturated carbocycles. The van der Waals surface area contributed by atoms with Crippen LogP contribution in [0.1, 0.15) is 32.2 Å². The van der Waals surface area contributed by atoms with Gasteiger partial charge in [-0.05, 0) is 25.0 Å². The molecule has 0 N–H and O–H groups in total. The first-order valence-electron chi connectivity index (χ1n) is 9.64. The Kier molecular flexibility index (Phi) is 4.03. The Morgan fingerprint density at radius 3 is 2.86 bits per heavy atom. The number of carbonyl (C=O) groups is 1. The van der Waals surface area contributed by atoms with Gasteiger partial charge in [0.05, 0.1) is 29.8 Å². The van der Waals surface area contributed by atoms with Gasteiger partial charge in [0.1, 0.15) is 5.52 Å². The highest BCUT2D eigenvalue weighted by Gasteiger charge is 2.24. The van der Waals surface area contributed by atoms with E-state index in [1.165, 1.54) is 0 Å². The van der Waals surface area contributed by atoms with E-state index < -0.39 is 0 Å². The standard InChI is InChI=1S/C20H21N7O/c1-2-18(28)25-9-6-14(7-10-25)26-13-22-16-12-21-19(24-20(16)26)15-11-23-27-8-4-3-5-17(15)27/h3-5,8,11-14H,2,6-7,9-10H2,1H3. The van der Waals surface area contributed by atoms with E-state index in [9.17, 15) is 4.79 Å². The Morgan fingerprint density at radius 1 is 1.18 bits per heavy atom. The molecule has 0 radical (unpaired) electrons. The molecule has 0 aliphatic carbocycles. The number of hydrogen-bond acceptors (Lipinski definition) is 5. The summed E-state index contributed by atoms with van der Waals surface area (Å²) in [6.45, 7) is 3.47. The molecule has 0 bridgehead atoms. The van der Waals surface area contributed by atoms with Crippen LogP contribution in [0, 0.1) is 0 Å². The summed E-state index contributed by atoms with van der Waals surface area (Å²) in [6.07, 6.45) is 9.71. The van der Waals surface area contributed by atoms with Crippen LogP contribution in [-0.2, 0) is 4.79 Å². The van der Waals surface area contributed by atoms with Crippen molar-refractivity contribution in [1.29, 1.82) is 0 Å². The number of carbonyl (C=O) groups excluding carboxylic acids is 1. The van der Waals surface area contributed by atoms with Gasteiger partial charge in [0, 0.05) is 31.7 Å². The Labute approximate surface area is 161 Å². The zero-order valence-corrected chi connectivity index (χ0v) is 15.7. The SMILES string of the molecule is CCC(=O)N1CCC(n2cnc3cnc(-c4cnn5ccccc45)nc32)CC1. The van der Waals surface area contributed by atoms with Gasteiger partial charge in [-0.1, -0.05) is 13.0 Å². The number of likely N-dealkylation sites (tertiary alicyclic amines) is 1. The van der Waals surface area contributed by atoms with Crippen LogP contribution in [0.5, 0.6) is 0 Å². The Hall–Kier alpha value is -3.29. The van der Waals surface area contributed by atoms with Crippen molar-refractivity contribution in [2.45, 2.75) is 32.2 Å². The maximum absolute atomic E-state index is 11.9. The maximum atomic E-state index is 11.9. The fraction of sp³-hybridized carbons (Fsp3) is 0.350. The number of rotatable bonds is 3. The summed E-state index contributed by atoms with van der Waals surface area (Å²) < 4.78 is 3.96. The summed E-state index contributed by atoms with van der Waals surface area (Å²) in [5.74, 6) is 0.876. The first kappa shape index (κ1) is 16.9. The fourth-order valence-corrected chi connectivity index (χ4v) is 3.95. The highest BCUT2D eigenvalue weighted by molar-refractivity contribution is 5.79. The number of piperidine rings is 1. The normalized spacial score (nSPS) is 15.5. The van der Waals surface area contributed by atoms with Gasteiger partial charge < -0.3 is 9.47 Å². The van der Waals surface area contributed by atoms with E-state index in [0.29, 0.717) is 12.2 Å². The first-order valence-corrected chi connectivity index (χ1v) is 9.64. The lowest BCUT2D eigenvalue weighted by atomic mass is 10.0. The van der Waals surface area contributed by atoms with Crippen LogP contribution in [0.3, 0.4) is 0 Å². The van der Waals surface area contributed by atoms with E-state index in [4.69, 9.17) is 4.98 Å². The van der Waals surface area contributed by atoms with Crippen LogP contribution in [-0.4, -0.2) is 53.0 Å². The highest BCUT2D eigenvalue weighted by Crippen LogP contribution is 2.28. The molecule has 142 valence electrons. The number of imidazole rings is 1. The fourth-order valence-electron chi connectivity index (χ4n) is 3.95. The second-order valence-electron chi connectivity index (χ2n) is 7.11. The highest BCUT2D eigenvalue weighted by atomic mass is 16.2. The molecule has 4 aromatic rings. The molecule has 8 nitrogen and oxygen atoms in total. The van der Waals surface area contributed by atoms with Gasteiger partial charge in [0.25, 0.3) is 0 Å². The average Bonchev–Trinajstić information content (AvgIpc) is 3.37. The van der Waals surface area contributed by atoms with Crippen LogP contribution in [0.2, 0.25) is 0 Å². The van der Waals surface area contributed by atoms with Gasteiger partial charge in [-0.3, -0.25) is 4.79 Å². The number of aromatic nitrogens is 6. The molecule has 0 spiro atoms. The van der Waals surface area contributed by atoms with Crippen molar-refractivity contribution in [2.24, 2.45) is 0 Å². The quantitative estimate of drug-likeness (QED) is 0.550. The number of amides is 1. The van der Waals surface area contributed by atoms with Crippen LogP contribution in [0.25, 0.3) is 28.1 Å². The van der Waals surface area contributed by atoms with Gasteiger partial charge in [0.2, 0.25) is 5.91 Å². The zero-order chi connectivity index (χ0) is 19.1. The monoisotopic (exact) mass is 375 g/mol. The Balaban J connectivity index is 1.49. The lowest BCUT2D eigenvalue weighted by Gasteiger charge is -2.32. The second-order valence-corrected chi connectivity index (χ2v) is 7.11. The van der Waals surface area contributed by atoms with Gasteiger partial charge in [-0.15, -0.1) is 0 Å². The smallest absolute Gasteiger partial charge is 0.222 e. The minimum absolute atomic E-state index is 0.228. The molecule has 1 aliphatic rings. The molecule has 4 aromatic heterocycles. The van der Waals surface area contributed by atoms with Crippen LogP contribution >= 0.6 is 0 Å². The van der Waals surface area contributed by atoms with E-state index in [0.717, 1.165) is 48.2 Å². The molecule has 1 aliphatic heterocycles. The molecule has 28 heavy (non-hydrogen) atoms. The zero-order valence-electron chi connectivity index (χ0n) is 15.7. The number of hydrogen-bond donors (Lipinski definition) is 0. The molecule has 1 amide bonds. The van der Waals surface area contributed by atoms with Crippen LogP contribution in [0.15, 0.2) is 43.1 Å². The van der Waals surface area contributed by atoms with Crippen molar-refractivity contribution < 1.29 is 4.79 Å². The van der Waals surface area contributed by atoms with Crippen molar-refractivity contribution in [3.63, 3.8) is 0 Å². The number of nitrogens with zero attached hydrogens (tertiary/aromatic N) is 7. The first-order chi connectivity index (χ1) is 13.7. The summed E-state index contributed by atoms with van der Waals surface area (Å²) in [4.78, 5) is 27.7. The van der Waals surface area contributed by atoms with Gasteiger partial charge in [-0.2, -0.15) is 5.10 Å². The molecule has 1 fully saturated rings. The van der Waals surface area contributed by atoms with Crippen LogP contribution in [0.4, 0.5) is 0 Å². The van der Waals surface area contributed by atoms with Gasteiger partial charge in [0.15, 0.2) is 11.5 Å². The summed E-state index contributed by atoms with van der Waals surface area (Å²) in [7, 11) is 0.